The number of aromatic nitrogens is 3. The van der Waals surface area contributed by atoms with Gasteiger partial charge in [0.15, 0.2) is 11.5 Å². The average Bonchev–Trinajstić information content (AvgIpc) is 2.83. The molecule has 4 aromatic rings. The molecule has 0 radical (unpaired) electrons. The molecule has 30 heavy (non-hydrogen) atoms. The van der Waals surface area contributed by atoms with Crippen molar-refractivity contribution in [3.8, 4) is 34.0 Å². The lowest BCUT2D eigenvalue weighted by atomic mass is 10.0. The van der Waals surface area contributed by atoms with Crippen LogP contribution in [0.25, 0.3) is 22.5 Å². The summed E-state index contributed by atoms with van der Waals surface area (Å²) in [5.41, 5.74) is 3.61. The van der Waals surface area contributed by atoms with Crippen LogP contribution in [0, 0.1) is 0 Å². The van der Waals surface area contributed by atoms with Crippen LogP contribution >= 0.6 is 11.8 Å². The molecule has 1 aromatic heterocycles. The van der Waals surface area contributed by atoms with Gasteiger partial charge in [0.05, 0.1) is 0 Å². The SMILES string of the molecule is c1ccc(-c2nnc(SCC3COc4ccccc4O3)nc2-c2ccccc2)cc1. The van der Waals surface area contributed by atoms with Crippen molar-refractivity contribution in [3.63, 3.8) is 0 Å². The smallest absolute Gasteiger partial charge is 0.209 e. The van der Waals surface area contributed by atoms with E-state index in [0.29, 0.717) is 17.5 Å². The number of fused-ring (bicyclic) bond motifs is 1. The van der Waals surface area contributed by atoms with Gasteiger partial charge in [0.2, 0.25) is 5.16 Å². The fraction of sp³-hybridized carbons (Fsp3) is 0.125. The zero-order valence-electron chi connectivity index (χ0n) is 16.1. The Kier molecular flexibility index (Phi) is 5.31. The lowest BCUT2D eigenvalue weighted by Gasteiger charge is -2.25. The predicted molar refractivity (Wildman–Crippen MR) is 118 cm³/mol. The highest BCUT2D eigenvalue weighted by atomic mass is 32.2. The molecular weight excluding hydrogens is 394 g/mol. The Balaban J connectivity index is 1.39. The van der Waals surface area contributed by atoms with Gasteiger partial charge >= 0.3 is 0 Å². The minimum Gasteiger partial charge on any atom is -0.486 e. The highest BCUT2D eigenvalue weighted by Crippen LogP contribution is 2.33. The van der Waals surface area contributed by atoms with Gasteiger partial charge in [0, 0.05) is 16.9 Å². The van der Waals surface area contributed by atoms with Crippen molar-refractivity contribution in [2.24, 2.45) is 0 Å². The maximum atomic E-state index is 6.04. The maximum absolute atomic E-state index is 6.04. The lowest BCUT2D eigenvalue weighted by Crippen LogP contribution is -2.31. The molecule has 1 unspecified atom stereocenters. The first-order valence-electron chi connectivity index (χ1n) is 9.74. The van der Waals surface area contributed by atoms with E-state index in [4.69, 9.17) is 14.5 Å². The molecule has 0 amide bonds. The molecule has 1 aliphatic rings. The van der Waals surface area contributed by atoms with Gasteiger partial charge in [-0.15, -0.1) is 10.2 Å². The molecule has 1 atom stereocenters. The number of hydrogen-bond acceptors (Lipinski definition) is 6. The van der Waals surface area contributed by atoms with Gasteiger partial charge in [-0.2, -0.15) is 0 Å². The van der Waals surface area contributed by atoms with Gasteiger partial charge in [-0.25, -0.2) is 4.98 Å². The van der Waals surface area contributed by atoms with Crippen LogP contribution in [0.15, 0.2) is 90.1 Å². The third-order valence-corrected chi connectivity index (χ3v) is 5.70. The molecule has 5 nitrogen and oxygen atoms in total. The molecule has 148 valence electrons. The monoisotopic (exact) mass is 413 g/mol. The van der Waals surface area contributed by atoms with E-state index in [1.54, 1.807) is 0 Å². The average molecular weight is 414 g/mol. The highest BCUT2D eigenvalue weighted by Gasteiger charge is 2.22. The fourth-order valence-electron chi connectivity index (χ4n) is 3.27. The lowest BCUT2D eigenvalue weighted by molar-refractivity contribution is 0.107. The Morgan fingerprint density at radius 1 is 0.733 bits per heavy atom. The van der Waals surface area contributed by atoms with Crippen molar-refractivity contribution in [2.75, 3.05) is 12.4 Å². The van der Waals surface area contributed by atoms with Crippen molar-refractivity contribution in [3.05, 3.63) is 84.9 Å². The summed E-state index contributed by atoms with van der Waals surface area (Å²) in [4.78, 5) is 4.84. The second kappa shape index (κ2) is 8.55. The van der Waals surface area contributed by atoms with Gasteiger partial charge in [-0.1, -0.05) is 84.6 Å². The van der Waals surface area contributed by atoms with E-state index in [1.807, 2.05) is 84.9 Å². The van der Waals surface area contributed by atoms with E-state index in [1.165, 1.54) is 11.8 Å². The van der Waals surface area contributed by atoms with Crippen LogP contribution in [0.5, 0.6) is 11.5 Å². The zero-order chi connectivity index (χ0) is 20.2. The van der Waals surface area contributed by atoms with Crippen molar-refractivity contribution in [2.45, 2.75) is 11.3 Å². The van der Waals surface area contributed by atoms with Gasteiger partial charge < -0.3 is 9.47 Å². The van der Waals surface area contributed by atoms with Crippen molar-refractivity contribution < 1.29 is 9.47 Å². The summed E-state index contributed by atoms with van der Waals surface area (Å²) in [6, 6.07) is 27.8. The number of ether oxygens (including phenoxy) is 2. The Labute approximate surface area is 179 Å². The number of rotatable bonds is 5. The molecule has 2 heterocycles. The van der Waals surface area contributed by atoms with E-state index in [-0.39, 0.29) is 6.10 Å². The third-order valence-electron chi connectivity index (χ3n) is 4.73. The summed E-state index contributed by atoms with van der Waals surface area (Å²) in [6.07, 6.45) is -0.0672. The zero-order valence-corrected chi connectivity index (χ0v) is 17.0. The quantitative estimate of drug-likeness (QED) is 0.423. The van der Waals surface area contributed by atoms with Crippen LogP contribution in [0.4, 0.5) is 0 Å². The predicted octanol–water partition coefficient (Wildman–Crippen LogP) is 5.14. The fourth-order valence-corrected chi connectivity index (χ4v) is 4.03. The maximum Gasteiger partial charge on any atom is 0.209 e. The molecule has 3 aromatic carbocycles. The summed E-state index contributed by atoms with van der Waals surface area (Å²) in [5.74, 6) is 2.24. The minimum atomic E-state index is -0.0672. The van der Waals surface area contributed by atoms with Crippen LogP contribution in [-0.4, -0.2) is 33.6 Å². The first kappa shape index (κ1) is 18.6. The first-order chi connectivity index (χ1) is 14.9. The Morgan fingerprint density at radius 3 is 2.10 bits per heavy atom. The molecule has 1 aliphatic heterocycles. The summed E-state index contributed by atoms with van der Waals surface area (Å²) in [6.45, 7) is 0.505. The molecule has 5 rings (SSSR count). The van der Waals surface area contributed by atoms with E-state index in [9.17, 15) is 0 Å². The second-order valence-corrected chi connectivity index (χ2v) is 7.82. The Bertz CT molecular complexity index is 1140. The minimum absolute atomic E-state index is 0.0672. The summed E-state index contributed by atoms with van der Waals surface area (Å²) in [7, 11) is 0. The molecule has 0 saturated carbocycles. The number of nitrogens with zero attached hydrogens (tertiary/aromatic N) is 3. The Hall–Kier alpha value is -3.38. The molecule has 0 fully saturated rings. The molecule has 0 spiro atoms. The normalized spacial score (nSPS) is 15.0. The molecule has 0 N–H and O–H groups in total. The van der Waals surface area contributed by atoms with E-state index < -0.39 is 0 Å². The number of thioether (sulfide) groups is 1. The van der Waals surface area contributed by atoms with Gasteiger partial charge in [0.1, 0.15) is 24.1 Å². The van der Waals surface area contributed by atoms with E-state index in [0.717, 1.165) is 34.0 Å². The molecular formula is C24H19N3O2S. The van der Waals surface area contributed by atoms with Gasteiger partial charge in [-0.3, -0.25) is 0 Å². The van der Waals surface area contributed by atoms with Crippen LogP contribution in [-0.2, 0) is 0 Å². The van der Waals surface area contributed by atoms with Crippen molar-refractivity contribution in [1.29, 1.82) is 0 Å². The third kappa shape index (κ3) is 4.00. The van der Waals surface area contributed by atoms with Crippen LogP contribution in [0.3, 0.4) is 0 Å². The number of para-hydroxylation sites is 2. The molecule has 0 bridgehead atoms. The molecule has 0 saturated heterocycles. The van der Waals surface area contributed by atoms with E-state index in [2.05, 4.69) is 10.2 Å². The number of hydrogen-bond donors (Lipinski definition) is 0. The van der Waals surface area contributed by atoms with Crippen LogP contribution < -0.4 is 9.47 Å². The number of benzene rings is 3. The van der Waals surface area contributed by atoms with E-state index >= 15 is 0 Å². The first-order valence-corrected chi connectivity index (χ1v) is 10.7. The summed E-state index contributed by atoms with van der Waals surface area (Å²) >= 11 is 1.52. The van der Waals surface area contributed by atoms with Gasteiger partial charge in [0.25, 0.3) is 0 Å². The largest absolute Gasteiger partial charge is 0.486 e. The van der Waals surface area contributed by atoms with Crippen LogP contribution in [0.2, 0.25) is 0 Å². The van der Waals surface area contributed by atoms with Crippen molar-refractivity contribution >= 4 is 11.8 Å². The van der Waals surface area contributed by atoms with Crippen LogP contribution in [0.1, 0.15) is 0 Å². The highest BCUT2D eigenvalue weighted by molar-refractivity contribution is 7.99. The standard InChI is InChI=1S/C24H19N3O2S/c1-3-9-17(10-4-1)22-23(18-11-5-2-6-12-18)26-27-24(25-22)30-16-19-15-28-20-13-7-8-14-21(20)29-19/h1-14,19H,15-16H2. The topological polar surface area (TPSA) is 57.1 Å². The Morgan fingerprint density at radius 2 is 1.37 bits per heavy atom. The van der Waals surface area contributed by atoms with Crippen molar-refractivity contribution in [1.82, 2.24) is 15.2 Å². The summed E-state index contributed by atoms with van der Waals surface area (Å²) < 4.78 is 11.8. The molecule has 6 heteroatoms. The second-order valence-electron chi connectivity index (χ2n) is 6.83. The molecule has 0 aliphatic carbocycles. The summed E-state index contributed by atoms with van der Waals surface area (Å²) in [5, 5.41) is 9.52. The van der Waals surface area contributed by atoms with Gasteiger partial charge in [-0.05, 0) is 12.1 Å².